The first-order chi connectivity index (χ1) is 15.9. The van der Waals surface area contributed by atoms with E-state index in [2.05, 4.69) is 5.16 Å². The van der Waals surface area contributed by atoms with Gasteiger partial charge in [-0.05, 0) is 35.9 Å². The van der Waals surface area contributed by atoms with Crippen LogP contribution in [0.1, 0.15) is 27.9 Å². The topological polar surface area (TPSA) is 45.1 Å². The molecule has 1 unspecified atom stereocenters. The Labute approximate surface area is 191 Å². The summed E-state index contributed by atoms with van der Waals surface area (Å²) in [4.78, 5) is 22.2. The van der Waals surface area contributed by atoms with Gasteiger partial charge in [-0.3, -0.25) is 4.79 Å². The van der Waals surface area contributed by atoms with E-state index in [9.17, 15) is 13.6 Å². The van der Waals surface area contributed by atoms with E-state index in [0.29, 0.717) is 12.0 Å². The first kappa shape index (κ1) is 22.5. The van der Waals surface area contributed by atoms with Crippen molar-refractivity contribution >= 4 is 17.3 Å². The third kappa shape index (κ3) is 5.19. The number of amides is 1. The minimum Gasteiger partial charge on any atom is -0.390 e. The molecule has 33 heavy (non-hydrogen) atoms. The molecular formula is C26H25F2N3O2. The Morgan fingerprint density at radius 2 is 1.64 bits per heavy atom. The molecule has 0 spiro atoms. The number of hydrogen-bond acceptors (Lipinski definition) is 4. The van der Waals surface area contributed by atoms with Crippen molar-refractivity contribution in [3.63, 3.8) is 0 Å². The molecule has 0 fully saturated rings. The van der Waals surface area contributed by atoms with Gasteiger partial charge in [-0.2, -0.15) is 0 Å². The third-order valence-electron chi connectivity index (χ3n) is 5.58. The second-order valence-corrected chi connectivity index (χ2v) is 8.17. The summed E-state index contributed by atoms with van der Waals surface area (Å²) < 4.78 is 28.6. The minimum atomic E-state index is -0.619. The van der Waals surface area contributed by atoms with Crippen molar-refractivity contribution in [1.29, 1.82) is 0 Å². The van der Waals surface area contributed by atoms with Gasteiger partial charge in [0, 0.05) is 38.3 Å². The zero-order valence-electron chi connectivity index (χ0n) is 18.5. The molecule has 1 atom stereocenters. The molecule has 4 rings (SSSR count). The normalized spacial score (nSPS) is 15.0. The van der Waals surface area contributed by atoms with E-state index in [1.807, 2.05) is 43.3 Å². The van der Waals surface area contributed by atoms with Gasteiger partial charge in [0.1, 0.15) is 11.6 Å². The van der Waals surface area contributed by atoms with Gasteiger partial charge in [0.05, 0.1) is 17.8 Å². The molecule has 1 heterocycles. The Morgan fingerprint density at radius 3 is 2.30 bits per heavy atom. The number of carbonyl (C=O) groups is 1. The lowest BCUT2D eigenvalue weighted by molar-refractivity contribution is 0.0400. The van der Waals surface area contributed by atoms with Crippen molar-refractivity contribution < 1.29 is 18.4 Å². The smallest absolute Gasteiger partial charge is 0.257 e. The van der Waals surface area contributed by atoms with Gasteiger partial charge in [-0.15, -0.1) is 0 Å². The summed E-state index contributed by atoms with van der Waals surface area (Å²) in [6.07, 6.45) is 0.0654. The number of rotatable bonds is 7. The van der Waals surface area contributed by atoms with Crippen LogP contribution in [0, 0.1) is 11.6 Å². The van der Waals surface area contributed by atoms with Crippen molar-refractivity contribution in [2.45, 2.75) is 19.1 Å². The Kier molecular flexibility index (Phi) is 6.68. The first-order valence-corrected chi connectivity index (χ1v) is 10.7. The molecule has 1 aliphatic rings. The quantitative estimate of drug-likeness (QED) is 0.517. The highest BCUT2D eigenvalue weighted by molar-refractivity contribution is 6.01. The van der Waals surface area contributed by atoms with E-state index < -0.39 is 23.6 Å². The van der Waals surface area contributed by atoms with Crippen LogP contribution in [0.3, 0.4) is 0 Å². The molecule has 0 saturated heterocycles. The molecular weight excluding hydrogens is 424 g/mol. The highest BCUT2D eigenvalue weighted by Gasteiger charge is 2.29. The number of oxime groups is 1. The first-order valence-electron chi connectivity index (χ1n) is 10.7. The molecule has 170 valence electrons. The maximum absolute atomic E-state index is 14.3. The Morgan fingerprint density at radius 1 is 0.970 bits per heavy atom. The number of hydrogen-bond donors (Lipinski definition) is 0. The molecule has 5 nitrogen and oxygen atoms in total. The average Bonchev–Trinajstić information content (AvgIpc) is 3.28. The van der Waals surface area contributed by atoms with Gasteiger partial charge in [-0.1, -0.05) is 47.6 Å². The second-order valence-electron chi connectivity index (χ2n) is 8.17. The minimum absolute atomic E-state index is 0.00738. The molecule has 0 aliphatic carbocycles. The lowest BCUT2D eigenvalue weighted by Gasteiger charge is -2.25. The molecule has 0 aromatic heterocycles. The molecule has 0 radical (unpaired) electrons. The van der Waals surface area contributed by atoms with Gasteiger partial charge >= 0.3 is 0 Å². The van der Waals surface area contributed by atoms with Crippen LogP contribution in [-0.4, -0.2) is 43.3 Å². The Hall–Kier alpha value is -3.74. The van der Waals surface area contributed by atoms with Gasteiger partial charge in [0.25, 0.3) is 5.91 Å². The number of carbonyl (C=O) groups excluding carboxylic acids is 1. The highest BCUT2D eigenvalue weighted by Crippen LogP contribution is 2.22. The van der Waals surface area contributed by atoms with Crippen molar-refractivity contribution in [3.05, 3.63) is 101 Å². The van der Waals surface area contributed by atoms with E-state index in [1.54, 1.807) is 24.3 Å². The monoisotopic (exact) mass is 449 g/mol. The van der Waals surface area contributed by atoms with Crippen LogP contribution in [0.15, 0.2) is 78.0 Å². The van der Waals surface area contributed by atoms with Crippen LogP contribution in [0.5, 0.6) is 0 Å². The second kappa shape index (κ2) is 9.81. The molecule has 1 amide bonds. The number of benzene rings is 3. The van der Waals surface area contributed by atoms with E-state index >= 15 is 0 Å². The van der Waals surface area contributed by atoms with Gasteiger partial charge in [0.15, 0.2) is 6.10 Å². The predicted octanol–water partition coefficient (Wildman–Crippen LogP) is 4.87. The highest BCUT2D eigenvalue weighted by atomic mass is 19.1. The summed E-state index contributed by atoms with van der Waals surface area (Å²) >= 11 is 0. The van der Waals surface area contributed by atoms with Crippen molar-refractivity contribution in [2.24, 2.45) is 5.16 Å². The maximum atomic E-state index is 14.3. The Balaban J connectivity index is 1.51. The zero-order valence-corrected chi connectivity index (χ0v) is 18.5. The molecule has 0 bridgehead atoms. The number of nitrogens with zero attached hydrogens (tertiary/aromatic N) is 3. The van der Waals surface area contributed by atoms with Crippen molar-refractivity contribution in [2.75, 3.05) is 25.5 Å². The average molecular weight is 450 g/mol. The van der Waals surface area contributed by atoms with Crippen molar-refractivity contribution in [1.82, 2.24) is 4.90 Å². The predicted molar refractivity (Wildman–Crippen MR) is 124 cm³/mol. The summed E-state index contributed by atoms with van der Waals surface area (Å²) in [7, 11) is 3.94. The fourth-order valence-corrected chi connectivity index (χ4v) is 3.75. The number of anilines is 1. The molecule has 7 heteroatoms. The van der Waals surface area contributed by atoms with Gasteiger partial charge in [-0.25, -0.2) is 8.78 Å². The number of halogens is 2. The molecule has 0 saturated carbocycles. The van der Waals surface area contributed by atoms with E-state index in [1.165, 1.54) is 29.2 Å². The fraction of sp³-hybridized carbons (Fsp3) is 0.231. The summed E-state index contributed by atoms with van der Waals surface area (Å²) in [5.41, 5.74) is 3.06. The molecule has 3 aromatic rings. The van der Waals surface area contributed by atoms with Crippen molar-refractivity contribution in [3.8, 4) is 0 Å². The van der Waals surface area contributed by atoms with Crippen LogP contribution in [0.4, 0.5) is 14.5 Å². The van der Waals surface area contributed by atoms with E-state index in [4.69, 9.17) is 4.84 Å². The fourth-order valence-electron chi connectivity index (χ4n) is 3.75. The van der Waals surface area contributed by atoms with Gasteiger partial charge in [0.2, 0.25) is 0 Å². The largest absolute Gasteiger partial charge is 0.390 e. The summed E-state index contributed by atoms with van der Waals surface area (Å²) in [6.45, 7) is 0.136. The van der Waals surface area contributed by atoms with E-state index in [0.717, 1.165) is 17.0 Å². The van der Waals surface area contributed by atoms with Crippen LogP contribution in [-0.2, 0) is 11.4 Å². The molecule has 0 N–H and O–H groups in total. The zero-order chi connectivity index (χ0) is 23.4. The van der Waals surface area contributed by atoms with Crippen LogP contribution in [0.25, 0.3) is 0 Å². The molecule has 1 aliphatic heterocycles. The molecule has 3 aromatic carbocycles. The Bertz CT molecular complexity index is 1160. The van der Waals surface area contributed by atoms with Crippen LogP contribution < -0.4 is 4.90 Å². The summed E-state index contributed by atoms with van der Waals surface area (Å²) in [5.74, 6) is -1.57. The third-order valence-corrected chi connectivity index (χ3v) is 5.58. The van der Waals surface area contributed by atoms with Crippen LogP contribution in [0.2, 0.25) is 0 Å². The lowest BCUT2D eigenvalue weighted by Crippen LogP contribution is -2.38. The lowest BCUT2D eigenvalue weighted by atomic mass is 10.0. The van der Waals surface area contributed by atoms with Crippen LogP contribution >= 0.6 is 0 Å². The van der Waals surface area contributed by atoms with E-state index in [-0.39, 0.29) is 18.7 Å². The summed E-state index contributed by atoms with van der Waals surface area (Å²) in [6, 6.07) is 20.0. The van der Waals surface area contributed by atoms with Gasteiger partial charge < -0.3 is 14.6 Å². The standard InChI is InChI=1S/C26H25F2N3O2/c1-30(2)20-13-11-18(12-14-20)25-15-21(33-29-25)17-31(16-19-7-3-5-9-23(19)27)26(32)22-8-4-6-10-24(22)28/h3-14,21H,15-17H2,1-2H3. The maximum Gasteiger partial charge on any atom is 0.257 e. The summed E-state index contributed by atoms with van der Waals surface area (Å²) in [5, 5.41) is 4.21. The SMILES string of the molecule is CN(C)c1ccc(C2=NOC(CN(Cc3ccccc3F)C(=O)c3ccccc3F)C2)cc1.